The predicted octanol–water partition coefficient (Wildman–Crippen LogP) is 1.87. The van der Waals surface area contributed by atoms with Gasteiger partial charge >= 0.3 is 0 Å². The number of nitrogens with zero attached hydrogens (tertiary/aromatic N) is 2. The summed E-state index contributed by atoms with van der Waals surface area (Å²) in [5.41, 5.74) is 1.14. The highest BCUT2D eigenvalue weighted by Crippen LogP contribution is 2.21. The molecule has 0 aliphatic carbocycles. The van der Waals surface area contributed by atoms with Crippen LogP contribution < -0.4 is 10.9 Å². The fraction of sp³-hybridized carbons (Fsp3) is 0.318. The number of benzene rings is 2. The van der Waals surface area contributed by atoms with Crippen molar-refractivity contribution in [3.63, 3.8) is 0 Å². The minimum atomic E-state index is -0.567. The second-order valence-electron chi connectivity index (χ2n) is 7.69. The molecule has 3 aromatic rings. The molecule has 7 nitrogen and oxygen atoms in total. The molecule has 31 heavy (non-hydrogen) atoms. The van der Waals surface area contributed by atoms with E-state index in [4.69, 9.17) is 5.11 Å². The molecule has 164 valence electrons. The van der Waals surface area contributed by atoms with Crippen LogP contribution in [-0.2, 0) is 6.42 Å². The molecule has 2 heterocycles. The van der Waals surface area contributed by atoms with Gasteiger partial charge in [-0.3, -0.25) is 9.59 Å². The lowest BCUT2D eigenvalue weighted by Gasteiger charge is -2.41. The second-order valence-corrected chi connectivity index (χ2v) is 7.69. The standard InChI is InChI=1S/C22H23FN4O3.ClH/c1-13(12-28)24-15-10-27(11-15)22(30)18-8-14(6-7-19(18)23)9-20-16-4-2-3-5-17(16)21(29)26-25-20;/h2-8,13,15,24,28H,9-12H2,1H3,(H,26,29);1H. The molecular formula is C22H24ClFN4O3. The molecule has 1 unspecified atom stereocenters. The number of amides is 1. The molecule has 1 atom stereocenters. The van der Waals surface area contributed by atoms with Crippen LogP contribution in [0.15, 0.2) is 47.3 Å². The highest BCUT2D eigenvalue weighted by atomic mass is 35.5. The summed E-state index contributed by atoms with van der Waals surface area (Å²) in [6, 6.07) is 11.7. The van der Waals surface area contributed by atoms with Crippen molar-refractivity contribution < 1.29 is 14.3 Å². The van der Waals surface area contributed by atoms with E-state index < -0.39 is 5.82 Å². The highest BCUT2D eigenvalue weighted by molar-refractivity contribution is 5.95. The van der Waals surface area contributed by atoms with Crippen molar-refractivity contribution in [3.05, 3.63) is 75.5 Å². The number of halogens is 2. The largest absolute Gasteiger partial charge is 0.395 e. The zero-order valence-electron chi connectivity index (χ0n) is 17.0. The van der Waals surface area contributed by atoms with Crippen LogP contribution >= 0.6 is 12.4 Å². The van der Waals surface area contributed by atoms with Gasteiger partial charge < -0.3 is 15.3 Å². The van der Waals surface area contributed by atoms with Crippen LogP contribution in [0.25, 0.3) is 10.8 Å². The van der Waals surface area contributed by atoms with E-state index in [2.05, 4.69) is 15.5 Å². The van der Waals surface area contributed by atoms with Crippen molar-refractivity contribution in [2.45, 2.75) is 25.4 Å². The number of aliphatic hydroxyl groups excluding tert-OH is 1. The molecule has 1 amide bonds. The van der Waals surface area contributed by atoms with Crippen LogP contribution in [0.3, 0.4) is 0 Å². The first-order chi connectivity index (χ1) is 14.5. The molecule has 1 aliphatic heterocycles. The Bertz CT molecular complexity index is 1150. The Hall–Kier alpha value is -2.81. The van der Waals surface area contributed by atoms with E-state index in [1.165, 1.54) is 6.07 Å². The van der Waals surface area contributed by atoms with Gasteiger partial charge in [-0.15, -0.1) is 12.4 Å². The third kappa shape index (κ3) is 4.76. The van der Waals surface area contributed by atoms with Crippen LogP contribution in [0.2, 0.25) is 0 Å². The smallest absolute Gasteiger partial charge is 0.272 e. The molecule has 2 aromatic carbocycles. The van der Waals surface area contributed by atoms with Gasteiger partial charge in [-0.1, -0.05) is 24.3 Å². The van der Waals surface area contributed by atoms with Crippen molar-refractivity contribution in [3.8, 4) is 0 Å². The first kappa shape index (κ1) is 22.9. The topological polar surface area (TPSA) is 98.3 Å². The average Bonchev–Trinajstić information content (AvgIpc) is 2.73. The van der Waals surface area contributed by atoms with Gasteiger partial charge in [0.25, 0.3) is 11.5 Å². The number of H-pyrrole nitrogens is 1. The molecule has 0 spiro atoms. The molecule has 0 radical (unpaired) electrons. The lowest BCUT2D eigenvalue weighted by atomic mass is 10.0. The van der Waals surface area contributed by atoms with E-state index in [1.54, 1.807) is 29.2 Å². The summed E-state index contributed by atoms with van der Waals surface area (Å²) in [7, 11) is 0. The minimum absolute atomic E-state index is 0. The number of aliphatic hydroxyl groups is 1. The number of nitrogens with one attached hydrogen (secondary N) is 2. The number of hydrogen-bond acceptors (Lipinski definition) is 5. The number of carbonyl (C=O) groups is 1. The first-order valence-electron chi connectivity index (χ1n) is 9.87. The van der Waals surface area contributed by atoms with Crippen LogP contribution in [0.4, 0.5) is 4.39 Å². The summed E-state index contributed by atoms with van der Waals surface area (Å²) in [4.78, 5) is 26.3. The van der Waals surface area contributed by atoms with E-state index in [9.17, 15) is 14.0 Å². The zero-order chi connectivity index (χ0) is 21.3. The third-order valence-electron chi connectivity index (χ3n) is 5.37. The van der Waals surface area contributed by atoms with Gasteiger partial charge in [0.05, 0.1) is 23.3 Å². The van der Waals surface area contributed by atoms with Gasteiger partial charge in [-0.05, 0) is 30.7 Å². The fourth-order valence-corrected chi connectivity index (χ4v) is 3.72. The molecule has 1 saturated heterocycles. The van der Waals surface area contributed by atoms with E-state index in [-0.39, 0.29) is 48.1 Å². The summed E-state index contributed by atoms with van der Waals surface area (Å²) >= 11 is 0. The molecular weight excluding hydrogens is 423 g/mol. The summed E-state index contributed by atoms with van der Waals surface area (Å²) in [6.45, 7) is 2.83. The van der Waals surface area contributed by atoms with Crippen molar-refractivity contribution in [2.24, 2.45) is 0 Å². The number of hydrogen-bond donors (Lipinski definition) is 3. The summed E-state index contributed by atoms with van der Waals surface area (Å²) in [5.74, 6) is -0.925. The van der Waals surface area contributed by atoms with E-state index in [0.717, 1.165) is 10.9 Å². The Morgan fingerprint density at radius 3 is 2.71 bits per heavy atom. The fourth-order valence-electron chi connectivity index (χ4n) is 3.72. The van der Waals surface area contributed by atoms with E-state index in [1.807, 2.05) is 19.1 Å². The van der Waals surface area contributed by atoms with E-state index >= 15 is 0 Å². The Balaban J connectivity index is 0.00000272. The molecule has 3 N–H and O–H groups in total. The first-order valence-corrected chi connectivity index (χ1v) is 9.87. The summed E-state index contributed by atoms with van der Waals surface area (Å²) < 4.78 is 14.4. The number of fused-ring (bicyclic) bond motifs is 1. The minimum Gasteiger partial charge on any atom is -0.395 e. The summed E-state index contributed by atoms with van der Waals surface area (Å²) in [5, 5.41) is 20.2. The normalized spacial score (nSPS) is 14.7. The van der Waals surface area contributed by atoms with Crippen molar-refractivity contribution >= 4 is 29.1 Å². The maximum absolute atomic E-state index is 14.4. The molecule has 1 fully saturated rings. The van der Waals surface area contributed by atoms with Crippen molar-refractivity contribution in [1.82, 2.24) is 20.4 Å². The summed E-state index contributed by atoms with van der Waals surface area (Å²) in [6.07, 6.45) is 0.357. The number of rotatable bonds is 6. The Labute approximate surface area is 184 Å². The lowest BCUT2D eigenvalue weighted by Crippen LogP contribution is -2.61. The monoisotopic (exact) mass is 446 g/mol. The maximum atomic E-state index is 14.4. The Morgan fingerprint density at radius 2 is 2.00 bits per heavy atom. The molecule has 1 aliphatic rings. The third-order valence-corrected chi connectivity index (χ3v) is 5.37. The quantitative estimate of drug-likeness (QED) is 0.537. The number of likely N-dealkylation sites (tertiary alicyclic amines) is 1. The Morgan fingerprint density at radius 1 is 1.29 bits per heavy atom. The molecule has 4 rings (SSSR count). The van der Waals surface area contributed by atoms with Crippen LogP contribution in [-0.4, -0.2) is 57.9 Å². The maximum Gasteiger partial charge on any atom is 0.272 e. The van der Waals surface area contributed by atoms with Gasteiger partial charge in [-0.25, -0.2) is 9.49 Å². The van der Waals surface area contributed by atoms with Crippen molar-refractivity contribution in [2.75, 3.05) is 19.7 Å². The van der Waals surface area contributed by atoms with Gasteiger partial charge in [0.1, 0.15) is 5.82 Å². The van der Waals surface area contributed by atoms with Crippen LogP contribution in [0.5, 0.6) is 0 Å². The van der Waals surface area contributed by atoms with Gasteiger partial charge in [0, 0.05) is 37.0 Å². The second kappa shape index (κ2) is 9.55. The molecule has 9 heteroatoms. The van der Waals surface area contributed by atoms with Gasteiger partial charge in [0.15, 0.2) is 0 Å². The number of carbonyl (C=O) groups excluding carboxylic acids is 1. The number of aromatic nitrogens is 2. The van der Waals surface area contributed by atoms with Gasteiger partial charge in [0.2, 0.25) is 0 Å². The molecule has 0 saturated carbocycles. The van der Waals surface area contributed by atoms with Crippen LogP contribution in [0, 0.1) is 5.82 Å². The molecule has 0 bridgehead atoms. The van der Waals surface area contributed by atoms with Crippen molar-refractivity contribution in [1.29, 1.82) is 0 Å². The SMILES string of the molecule is CC(CO)NC1CN(C(=O)c2cc(Cc3n[nH]c(=O)c4ccccc34)ccc2F)C1.Cl. The Kier molecular flexibility index (Phi) is 7.04. The average molecular weight is 447 g/mol. The van der Waals surface area contributed by atoms with Crippen LogP contribution in [0.1, 0.15) is 28.5 Å². The van der Waals surface area contributed by atoms with Gasteiger partial charge in [-0.2, -0.15) is 5.10 Å². The zero-order valence-corrected chi connectivity index (χ0v) is 17.8. The highest BCUT2D eigenvalue weighted by Gasteiger charge is 2.32. The predicted molar refractivity (Wildman–Crippen MR) is 118 cm³/mol. The molecule has 1 aromatic heterocycles. The number of aromatic amines is 1. The lowest BCUT2D eigenvalue weighted by molar-refractivity contribution is 0.0537. The van der Waals surface area contributed by atoms with E-state index in [0.29, 0.717) is 30.6 Å².